The summed E-state index contributed by atoms with van der Waals surface area (Å²) < 4.78 is 0. The fraction of sp³-hybridized carbons (Fsp3) is 0.182. The quantitative estimate of drug-likeness (QED) is 0.429. The molecule has 142 valence electrons. The first-order chi connectivity index (χ1) is 13.3. The summed E-state index contributed by atoms with van der Waals surface area (Å²) in [5.74, 6) is -0.176. The second kappa shape index (κ2) is 7.60. The van der Waals surface area contributed by atoms with Gasteiger partial charge in [0, 0.05) is 17.5 Å². The van der Waals surface area contributed by atoms with E-state index in [-0.39, 0.29) is 17.0 Å². The highest BCUT2D eigenvalue weighted by Gasteiger charge is 2.36. The number of hydrazone groups is 1. The Morgan fingerprint density at radius 3 is 2.25 bits per heavy atom. The molecule has 2 aromatic rings. The molecule has 0 unspecified atom stereocenters. The summed E-state index contributed by atoms with van der Waals surface area (Å²) in [5, 5.41) is 16.7. The summed E-state index contributed by atoms with van der Waals surface area (Å²) in [7, 11) is 0. The molecule has 1 aliphatic rings. The standard InChI is InChI=1S/C22H21N3O3/c1-22(2,3)20-19(21(26)24(23-20)17-9-5-4-6-10-17)11-7-8-16-12-14-18(15-13-16)25(27)28/h4-15H,1-3H3/b8-7+,19-11-. The molecule has 0 aromatic heterocycles. The number of nitro groups is 1. The Morgan fingerprint density at radius 2 is 1.68 bits per heavy atom. The number of rotatable bonds is 4. The lowest BCUT2D eigenvalue weighted by molar-refractivity contribution is -0.384. The van der Waals surface area contributed by atoms with Gasteiger partial charge in [-0.25, -0.2) is 0 Å². The summed E-state index contributed by atoms with van der Waals surface area (Å²) in [6.45, 7) is 6.05. The van der Waals surface area contributed by atoms with E-state index in [1.54, 1.807) is 30.4 Å². The summed E-state index contributed by atoms with van der Waals surface area (Å²) in [5.41, 5.74) is 2.53. The molecule has 0 fully saturated rings. The molecule has 0 saturated carbocycles. The Labute approximate surface area is 163 Å². The average molecular weight is 375 g/mol. The third kappa shape index (κ3) is 4.06. The lowest BCUT2D eigenvalue weighted by atomic mass is 9.85. The first-order valence-corrected chi connectivity index (χ1v) is 8.89. The topological polar surface area (TPSA) is 75.8 Å². The van der Waals surface area contributed by atoms with Crippen molar-refractivity contribution in [2.75, 3.05) is 5.01 Å². The maximum absolute atomic E-state index is 13.0. The van der Waals surface area contributed by atoms with Crippen LogP contribution in [-0.2, 0) is 4.79 Å². The van der Waals surface area contributed by atoms with E-state index in [4.69, 9.17) is 0 Å². The Bertz CT molecular complexity index is 982. The number of hydrogen-bond acceptors (Lipinski definition) is 4. The van der Waals surface area contributed by atoms with Crippen molar-refractivity contribution in [3.8, 4) is 0 Å². The summed E-state index contributed by atoms with van der Waals surface area (Å²) in [6, 6.07) is 15.5. The van der Waals surface area contributed by atoms with Crippen molar-refractivity contribution in [1.29, 1.82) is 0 Å². The van der Waals surface area contributed by atoms with Crippen LogP contribution in [0.15, 0.2) is 77.4 Å². The fourth-order valence-corrected chi connectivity index (χ4v) is 2.83. The summed E-state index contributed by atoms with van der Waals surface area (Å²) in [4.78, 5) is 23.3. The highest BCUT2D eigenvalue weighted by atomic mass is 16.6. The molecule has 1 heterocycles. The number of amides is 1. The molecule has 0 aliphatic carbocycles. The monoisotopic (exact) mass is 375 g/mol. The van der Waals surface area contributed by atoms with E-state index in [2.05, 4.69) is 5.10 Å². The van der Waals surface area contributed by atoms with E-state index in [0.717, 1.165) is 17.0 Å². The minimum atomic E-state index is -0.434. The van der Waals surface area contributed by atoms with Crippen LogP contribution in [-0.4, -0.2) is 16.5 Å². The van der Waals surface area contributed by atoms with E-state index in [1.165, 1.54) is 17.1 Å². The highest BCUT2D eigenvalue weighted by Crippen LogP contribution is 2.31. The van der Waals surface area contributed by atoms with Gasteiger partial charge in [-0.3, -0.25) is 14.9 Å². The van der Waals surface area contributed by atoms with Crippen LogP contribution in [0.5, 0.6) is 0 Å². The summed E-state index contributed by atoms with van der Waals surface area (Å²) in [6.07, 6.45) is 5.32. The molecule has 0 bridgehead atoms. The van der Waals surface area contributed by atoms with E-state index >= 15 is 0 Å². The lowest BCUT2D eigenvalue weighted by Gasteiger charge is -2.17. The molecule has 2 aromatic carbocycles. The molecule has 0 saturated heterocycles. The van der Waals surface area contributed by atoms with Crippen LogP contribution < -0.4 is 5.01 Å². The van der Waals surface area contributed by atoms with E-state index < -0.39 is 4.92 Å². The number of carbonyl (C=O) groups excluding carboxylic acids is 1. The fourth-order valence-electron chi connectivity index (χ4n) is 2.83. The second-order valence-electron chi connectivity index (χ2n) is 7.44. The van der Waals surface area contributed by atoms with Gasteiger partial charge in [-0.2, -0.15) is 10.1 Å². The second-order valence-corrected chi connectivity index (χ2v) is 7.44. The number of nitro benzene ring substituents is 1. The van der Waals surface area contributed by atoms with Crippen molar-refractivity contribution in [2.45, 2.75) is 20.8 Å². The number of hydrogen-bond donors (Lipinski definition) is 0. The molecular formula is C22H21N3O3. The summed E-state index contributed by atoms with van der Waals surface area (Å²) >= 11 is 0. The van der Waals surface area contributed by atoms with Gasteiger partial charge in [0.05, 0.1) is 21.9 Å². The van der Waals surface area contributed by atoms with E-state index in [1.807, 2.05) is 51.1 Å². The molecule has 1 aliphatic heterocycles. The van der Waals surface area contributed by atoms with Crippen molar-refractivity contribution in [1.82, 2.24) is 0 Å². The third-order valence-corrected chi connectivity index (χ3v) is 4.24. The molecule has 0 N–H and O–H groups in total. The maximum atomic E-state index is 13.0. The van der Waals surface area contributed by atoms with Crippen LogP contribution in [0.25, 0.3) is 6.08 Å². The lowest BCUT2D eigenvalue weighted by Crippen LogP contribution is -2.23. The molecule has 1 amide bonds. The van der Waals surface area contributed by atoms with Crippen LogP contribution in [0.2, 0.25) is 0 Å². The van der Waals surface area contributed by atoms with Crippen LogP contribution in [0.1, 0.15) is 26.3 Å². The molecule has 0 atom stereocenters. The van der Waals surface area contributed by atoms with E-state index in [9.17, 15) is 14.9 Å². The van der Waals surface area contributed by atoms with Gasteiger partial charge in [-0.1, -0.05) is 51.1 Å². The zero-order chi connectivity index (χ0) is 20.3. The molecule has 3 rings (SSSR count). The van der Waals surface area contributed by atoms with Crippen molar-refractivity contribution in [3.63, 3.8) is 0 Å². The first kappa shape index (κ1) is 19.2. The van der Waals surface area contributed by atoms with Crippen LogP contribution >= 0.6 is 0 Å². The van der Waals surface area contributed by atoms with Gasteiger partial charge >= 0.3 is 0 Å². The Balaban J connectivity index is 1.89. The smallest absolute Gasteiger partial charge is 0.267 e. The number of carbonyl (C=O) groups is 1. The van der Waals surface area contributed by atoms with Gasteiger partial charge in [0.25, 0.3) is 11.6 Å². The number of non-ortho nitro benzene ring substituents is 1. The minimum Gasteiger partial charge on any atom is -0.267 e. The zero-order valence-corrected chi connectivity index (χ0v) is 16.0. The number of nitrogens with zero attached hydrogens (tertiary/aromatic N) is 3. The van der Waals surface area contributed by atoms with Gasteiger partial charge < -0.3 is 0 Å². The highest BCUT2D eigenvalue weighted by molar-refractivity contribution is 6.31. The SMILES string of the molecule is CC(C)(C)C1=NN(c2ccccc2)C(=O)/C1=C\C=C\c1ccc([N+](=O)[O-])cc1. The third-order valence-electron chi connectivity index (χ3n) is 4.24. The molecule has 6 nitrogen and oxygen atoms in total. The molecular weight excluding hydrogens is 354 g/mol. The zero-order valence-electron chi connectivity index (χ0n) is 16.0. The van der Waals surface area contributed by atoms with Gasteiger partial charge in [-0.05, 0) is 35.9 Å². The van der Waals surface area contributed by atoms with Crippen molar-refractivity contribution < 1.29 is 9.72 Å². The normalized spacial score (nSPS) is 16.1. The molecule has 0 radical (unpaired) electrons. The van der Waals surface area contributed by atoms with Gasteiger partial charge in [-0.15, -0.1) is 0 Å². The minimum absolute atomic E-state index is 0.0436. The molecule has 6 heteroatoms. The Hall–Kier alpha value is -3.54. The van der Waals surface area contributed by atoms with Gasteiger partial charge in [0.2, 0.25) is 0 Å². The first-order valence-electron chi connectivity index (χ1n) is 8.89. The van der Waals surface area contributed by atoms with Crippen LogP contribution in [0, 0.1) is 15.5 Å². The van der Waals surface area contributed by atoms with Gasteiger partial charge in [0.15, 0.2) is 0 Å². The van der Waals surface area contributed by atoms with E-state index in [0.29, 0.717) is 5.57 Å². The number of benzene rings is 2. The Kier molecular flexibility index (Phi) is 5.22. The van der Waals surface area contributed by atoms with Gasteiger partial charge in [0.1, 0.15) is 0 Å². The van der Waals surface area contributed by atoms with Crippen molar-refractivity contribution >= 4 is 29.1 Å². The van der Waals surface area contributed by atoms with Crippen LogP contribution in [0.3, 0.4) is 0 Å². The predicted molar refractivity (Wildman–Crippen MR) is 111 cm³/mol. The largest absolute Gasteiger partial charge is 0.280 e. The van der Waals surface area contributed by atoms with Crippen molar-refractivity contribution in [3.05, 3.63) is 88.0 Å². The average Bonchev–Trinajstić information content (AvgIpc) is 3.00. The van der Waals surface area contributed by atoms with Crippen LogP contribution in [0.4, 0.5) is 11.4 Å². The van der Waals surface area contributed by atoms with Crippen molar-refractivity contribution in [2.24, 2.45) is 10.5 Å². The number of allylic oxidation sites excluding steroid dienone is 2. The molecule has 0 spiro atoms. The molecule has 28 heavy (non-hydrogen) atoms. The maximum Gasteiger partial charge on any atom is 0.280 e. The predicted octanol–water partition coefficient (Wildman–Crippen LogP) is 4.98. The Morgan fingerprint density at radius 1 is 1.04 bits per heavy atom. The number of para-hydroxylation sites is 1. The number of anilines is 1.